The number of nitrogens with zero attached hydrogens (tertiary/aromatic N) is 2. The number of methoxy groups -OCH3 is 1. The fourth-order valence-corrected chi connectivity index (χ4v) is 1.43. The maximum atomic E-state index is 11.7. The van der Waals surface area contributed by atoms with Crippen LogP contribution in [0.5, 0.6) is 5.75 Å². The van der Waals surface area contributed by atoms with E-state index in [0.29, 0.717) is 5.75 Å². The molecule has 0 fully saturated rings. The Balaban J connectivity index is 2.29. The van der Waals surface area contributed by atoms with E-state index in [-0.39, 0.29) is 16.9 Å². The highest BCUT2D eigenvalue weighted by Crippen LogP contribution is 2.22. The number of aromatic carboxylic acids is 1. The molecule has 0 saturated carbocycles. The maximum absolute atomic E-state index is 11.7. The van der Waals surface area contributed by atoms with Crippen LogP contribution in [0.15, 0.2) is 24.4 Å². The van der Waals surface area contributed by atoms with Gasteiger partial charge in [-0.25, -0.2) is 4.79 Å². The number of ether oxygens (including phenoxy) is 1. The predicted octanol–water partition coefficient (Wildman–Crippen LogP) is 0.764. The van der Waals surface area contributed by atoms with E-state index < -0.39 is 11.9 Å². The van der Waals surface area contributed by atoms with Crippen LogP contribution < -0.4 is 10.1 Å². The Morgan fingerprint density at radius 3 is 2.79 bits per heavy atom. The lowest BCUT2D eigenvalue weighted by molar-refractivity contribution is 0.0697. The summed E-state index contributed by atoms with van der Waals surface area (Å²) in [6, 6.07) is 4.31. The number of H-pyrrole nitrogens is 1. The largest absolute Gasteiger partial charge is 0.497 e. The number of rotatable bonds is 4. The number of benzene rings is 1. The van der Waals surface area contributed by atoms with Crippen LogP contribution in [0, 0.1) is 0 Å². The van der Waals surface area contributed by atoms with Gasteiger partial charge in [0.1, 0.15) is 5.75 Å². The molecule has 0 unspecified atom stereocenters. The molecule has 3 N–H and O–H groups in total. The lowest BCUT2D eigenvalue weighted by Gasteiger charge is -2.08. The normalized spacial score (nSPS) is 9.95. The highest BCUT2D eigenvalue weighted by atomic mass is 16.5. The third-order valence-electron chi connectivity index (χ3n) is 2.35. The molecule has 1 amide bonds. The monoisotopic (exact) mass is 262 g/mol. The number of carbonyl (C=O) groups excluding carboxylic acids is 1. The molecule has 0 aliphatic rings. The SMILES string of the molecule is COc1ccc(NC(=O)c2cn[nH]n2)c(C(=O)O)c1. The average molecular weight is 262 g/mol. The van der Waals surface area contributed by atoms with Crippen LogP contribution in [-0.4, -0.2) is 39.5 Å². The molecular weight excluding hydrogens is 252 g/mol. The predicted molar refractivity (Wildman–Crippen MR) is 64.3 cm³/mol. The molecule has 1 aromatic carbocycles. The van der Waals surface area contributed by atoms with E-state index in [1.807, 2.05) is 0 Å². The van der Waals surface area contributed by atoms with Gasteiger partial charge in [0, 0.05) is 0 Å². The second kappa shape index (κ2) is 5.17. The minimum absolute atomic E-state index is 0.0622. The van der Waals surface area contributed by atoms with Crippen LogP contribution in [0.1, 0.15) is 20.8 Å². The van der Waals surface area contributed by atoms with E-state index >= 15 is 0 Å². The van der Waals surface area contributed by atoms with E-state index in [2.05, 4.69) is 20.7 Å². The summed E-state index contributed by atoms with van der Waals surface area (Å²) in [6.07, 6.45) is 1.24. The van der Waals surface area contributed by atoms with Gasteiger partial charge in [0.2, 0.25) is 0 Å². The molecule has 8 heteroatoms. The molecule has 8 nitrogen and oxygen atoms in total. The summed E-state index contributed by atoms with van der Waals surface area (Å²) in [5, 5.41) is 20.9. The van der Waals surface area contributed by atoms with Crippen molar-refractivity contribution in [1.29, 1.82) is 0 Å². The summed E-state index contributed by atoms with van der Waals surface area (Å²) >= 11 is 0. The first-order valence-electron chi connectivity index (χ1n) is 5.20. The molecule has 2 aromatic rings. The van der Waals surface area contributed by atoms with Gasteiger partial charge in [-0.3, -0.25) is 4.79 Å². The number of aromatic amines is 1. The first-order valence-corrected chi connectivity index (χ1v) is 5.20. The molecule has 0 radical (unpaired) electrons. The third-order valence-corrected chi connectivity index (χ3v) is 2.35. The molecule has 98 valence electrons. The zero-order valence-electron chi connectivity index (χ0n) is 9.88. The Morgan fingerprint density at radius 2 is 2.21 bits per heavy atom. The molecule has 0 aliphatic carbocycles. The maximum Gasteiger partial charge on any atom is 0.337 e. The van der Waals surface area contributed by atoms with Gasteiger partial charge in [0.05, 0.1) is 24.6 Å². The number of carboxylic acid groups (broad SMARTS) is 1. The average Bonchev–Trinajstić information content (AvgIpc) is 2.92. The first kappa shape index (κ1) is 12.6. The van der Waals surface area contributed by atoms with Crippen molar-refractivity contribution in [2.75, 3.05) is 12.4 Å². The van der Waals surface area contributed by atoms with Crippen molar-refractivity contribution < 1.29 is 19.4 Å². The van der Waals surface area contributed by atoms with Crippen LogP contribution in [0.2, 0.25) is 0 Å². The highest BCUT2D eigenvalue weighted by molar-refractivity contribution is 6.06. The number of carbonyl (C=O) groups is 2. The van der Waals surface area contributed by atoms with Crippen molar-refractivity contribution in [3.05, 3.63) is 35.7 Å². The van der Waals surface area contributed by atoms with Crippen molar-refractivity contribution in [2.45, 2.75) is 0 Å². The molecule has 0 bridgehead atoms. The third kappa shape index (κ3) is 2.68. The van der Waals surface area contributed by atoms with Gasteiger partial charge in [-0.1, -0.05) is 0 Å². The lowest BCUT2D eigenvalue weighted by atomic mass is 10.1. The Morgan fingerprint density at radius 1 is 1.42 bits per heavy atom. The van der Waals surface area contributed by atoms with Crippen LogP contribution in [0.3, 0.4) is 0 Å². The number of nitrogens with one attached hydrogen (secondary N) is 2. The topological polar surface area (TPSA) is 117 Å². The van der Waals surface area contributed by atoms with Gasteiger partial charge in [-0.15, -0.1) is 0 Å². The zero-order chi connectivity index (χ0) is 13.8. The van der Waals surface area contributed by atoms with Crippen LogP contribution in [-0.2, 0) is 0 Å². The number of hydrogen-bond donors (Lipinski definition) is 3. The van der Waals surface area contributed by atoms with Crippen molar-refractivity contribution >= 4 is 17.6 Å². The molecule has 1 heterocycles. The van der Waals surface area contributed by atoms with E-state index in [4.69, 9.17) is 9.84 Å². The Kier molecular flexibility index (Phi) is 3.42. The smallest absolute Gasteiger partial charge is 0.337 e. The van der Waals surface area contributed by atoms with Crippen molar-refractivity contribution in [1.82, 2.24) is 15.4 Å². The molecule has 0 saturated heterocycles. The molecule has 1 aromatic heterocycles. The van der Waals surface area contributed by atoms with Gasteiger partial charge in [-0.2, -0.15) is 15.4 Å². The summed E-state index contributed by atoms with van der Waals surface area (Å²) in [4.78, 5) is 22.9. The number of hydrogen-bond acceptors (Lipinski definition) is 5. The molecule has 2 rings (SSSR count). The zero-order valence-corrected chi connectivity index (χ0v) is 9.88. The standard InChI is InChI=1S/C11H10N4O4/c1-19-6-2-3-8(7(4-6)11(17)18)13-10(16)9-5-12-15-14-9/h2-5H,1H3,(H,13,16)(H,17,18)(H,12,14,15). The summed E-state index contributed by atoms with van der Waals surface area (Å²) in [7, 11) is 1.43. The summed E-state index contributed by atoms with van der Waals surface area (Å²) in [5.74, 6) is -1.34. The highest BCUT2D eigenvalue weighted by Gasteiger charge is 2.15. The van der Waals surface area contributed by atoms with E-state index in [1.54, 1.807) is 6.07 Å². The first-order chi connectivity index (χ1) is 9.11. The minimum Gasteiger partial charge on any atom is -0.497 e. The number of amides is 1. The van der Waals surface area contributed by atoms with Gasteiger partial charge in [0.25, 0.3) is 5.91 Å². The molecule has 0 spiro atoms. The summed E-state index contributed by atoms with van der Waals surface area (Å²) < 4.78 is 4.93. The fourth-order valence-electron chi connectivity index (χ4n) is 1.43. The second-order valence-corrected chi connectivity index (χ2v) is 3.53. The molecule has 0 aliphatic heterocycles. The summed E-state index contributed by atoms with van der Waals surface area (Å²) in [6.45, 7) is 0. The number of aromatic nitrogens is 3. The van der Waals surface area contributed by atoms with E-state index in [1.165, 1.54) is 25.4 Å². The lowest BCUT2D eigenvalue weighted by Crippen LogP contribution is -2.15. The van der Waals surface area contributed by atoms with Gasteiger partial charge in [0.15, 0.2) is 5.69 Å². The Bertz CT molecular complexity index is 609. The molecule has 0 atom stereocenters. The van der Waals surface area contributed by atoms with Crippen LogP contribution in [0.4, 0.5) is 5.69 Å². The van der Waals surface area contributed by atoms with Gasteiger partial charge < -0.3 is 15.2 Å². The fraction of sp³-hybridized carbons (Fsp3) is 0.0909. The van der Waals surface area contributed by atoms with E-state index in [0.717, 1.165) is 0 Å². The second-order valence-electron chi connectivity index (χ2n) is 3.53. The minimum atomic E-state index is -1.17. The van der Waals surface area contributed by atoms with Crippen molar-refractivity contribution in [3.63, 3.8) is 0 Å². The Hall–Kier alpha value is -2.90. The number of anilines is 1. The molecular formula is C11H10N4O4. The van der Waals surface area contributed by atoms with Crippen molar-refractivity contribution in [3.8, 4) is 5.75 Å². The van der Waals surface area contributed by atoms with Gasteiger partial charge >= 0.3 is 5.97 Å². The van der Waals surface area contributed by atoms with Gasteiger partial charge in [-0.05, 0) is 18.2 Å². The number of carboxylic acids is 1. The van der Waals surface area contributed by atoms with Crippen LogP contribution >= 0.6 is 0 Å². The molecule has 19 heavy (non-hydrogen) atoms. The van der Waals surface area contributed by atoms with Crippen molar-refractivity contribution in [2.24, 2.45) is 0 Å². The van der Waals surface area contributed by atoms with E-state index in [9.17, 15) is 9.59 Å². The van der Waals surface area contributed by atoms with Crippen LogP contribution in [0.25, 0.3) is 0 Å². The Labute approximate surface area is 107 Å². The quantitative estimate of drug-likeness (QED) is 0.748. The summed E-state index contributed by atoms with van der Waals surface area (Å²) in [5.41, 5.74) is 0.143.